The SMILES string of the molecule is Cc1cc(Nc2ccccc2SC(F)F)ccc1C#N. The van der Waals surface area contributed by atoms with Crippen molar-refractivity contribution in [2.45, 2.75) is 17.6 Å². The number of anilines is 2. The van der Waals surface area contributed by atoms with E-state index in [1.165, 1.54) is 0 Å². The fraction of sp³-hybridized carbons (Fsp3) is 0.133. The molecule has 0 aliphatic rings. The molecule has 20 heavy (non-hydrogen) atoms. The quantitative estimate of drug-likeness (QED) is 0.811. The summed E-state index contributed by atoms with van der Waals surface area (Å²) in [6, 6.07) is 14.3. The third-order valence-electron chi connectivity index (χ3n) is 2.73. The second-order valence-electron chi connectivity index (χ2n) is 4.14. The maximum Gasteiger partial charge on any atom is 0.288 e. The number of para-hydroxylation sites is 1. The minimum absolute atomic E-state index is 0.490. The van der Waals surface area contributed by atoms with E-state index in [0.717, 1.165) is 11.3 Å². The second kappa shape index (κ2) is 6.40. The van der Waals surface area contributed by atoms with Gasteiger partial charge in [-0.15, -0.1) is 0 Å². The minimum atomic E-state index is -2.46. The normalized spacial score (nSPS) is 10.3. The largest absolute Gasteiger partial charge is 0.355 e. The van der Waals surface area contributed by atoms with Crippen LogP contribution < -0.4 is 5.32 Å². The summed E-state index contributed by atoms with van der Waals surface area (Å²) in [5, 5.41) is 12.0. The molecule has 102 valence electrons. The molecule has 0 unspecified atom stereocenters. The van der Waals surface area contributed by atoms with E-state index in [1.54, 1.807) is 36.4 Å². The van der Waals surface area contributed by atoms with Crippen LogP contribution in [0.4, 0.5) is 20.2 Å². The summed E-state index contributed by atoms with van der Waals surface area (Å²) in [7, 11) is 0. The van der Waals surface area contributed by atoms with E-state index in [9.17, 15) is 8.78 Å². The molecule has 2 aromatic carbocycles. The van der Waals surface area contributed by atoms with Gasteiger partial charge in [-0.05, 0) is 42.8 Å². The highest BCUT2D eigenvalue weighted by molar-refractivity contribution is 7.99. The third-order valence-corrected chi connectivity index (χ3v) is 3.52. The minimum Gasteiger partial charge on any atom is -0.355 e. The van der Waals surface area contributed by atoms with Crippen LogP contribution in [-0.4, -0.2) is 5.76 Å². The number of hydrogen-bond acceptors (Lipinski definition) is 3. The van der Waals surface area contributed by atoms with Gasteiger partial charge in [0.05, 0.1) is 17.3 Å². The van der Waals surface area contributed by atoms with Gasteiger partial charge in [0.1, 0.15) is 0 Å². The molecule has 0 aliphatic heterocycles. The van der Waals surface area contributed by atoms with Gasteiger partial charge in [0, 0.05) is 10.6 Å². The van der Waals surface area contributed by atoms with Gasteiger partial charge in [0.15, 0.2) is 0 Å². The fourth-order valence-electron chi connectivity index (χ4n) is 1.79. The average Bonchev–Trinajstić information content (AvgIpc) is 2.41. The molecule has 0 aromatic heterocycles. The Kier molecular flexibility index (Phi) is 4.59. The van der Waals surface area contributed by atoms with Crippen molar-refractivity contribution in [3.8, 4) is 6.07 Å². The van der Waals surface area contributed by atoms with Crippen LogP contribution >= 0.6 is 11.8 Å². The molecule has 0 spiro atoms. The molecule has 0 atom stereocenters. The number of hydrogen-bond donors (Lipinski definition) is 1. The number of nitriles is 1. The Morgan fingerprint density at radius 2 is 1.95 bits per heavy atom. The van der Waals surface area contributed by atoms with Crippen LogP contribution in [0, 0.1) is 18.3 Å². The number of nitrogens with one attached hydrogen (secondary N) is 1. The zero-order valence-corrected chi connectivity index (χ0v) is 11.5. The van der Waals surface area contributed by atoms with Crippen LogP contribution in [0.25, 0.3) is 0 Å². The summed E-state index contributed by atoms with van der Waals surface area (Å²) in [5.41, 5.74) is 2.84. The lowest BCUT2D eigenvalue weighted by atomic mass is 10.1. The van der Waals surface area contributed by atoms with E-state index < -0.39 is 5.76 Å². The van der Waals surface area contributed by atoms with Crippen molar-refractivity contribution in [1.29, 1.82) is 5.26 Å². The Hall–Kier alpha value is -2.06. The maximum absolute atomic E-state index is 12.5. The van der Waals surface area contributed by atoms with E-state index >= 15 is 0 Å². The van der Waals surface area contributed by atoms with Gasteiger partial charge >= 0.3 is 0 Å². The maximum atomic E-state index is 12.5. The van der Waals surface area contributed by atoms with Crippen LogP contribution in [0.15, 0.2) is 47.4 Å². The van der Waals surface area contributed by atoms with E-state index in [2.05, 4.69) is 11.4 Å². The zero-order valence-electron chi connectivity index (χ0n) is 10.7. The Balaban J connectivity index is 2.26. The second-order valence-corrected chi connectivity index (χ2v) is 5.17. The van der Waals surface area contributed by atoms with Gasteiger partial charge < -0.3 is 5.32 Å². The van der Waals surface area contributed by atoms with Crippen LogP contribution in [0.1, 0.15) is 11.1 Å². The molecule has 1 N–H and O–H groups in total. The summed E-state index contributed by atoms with van der Waals surface area (Å²) < 4.78 is 25.0. The average molecular weight is 290 g/mol. The van der Waals surface area contributed by atoms with Crippen LogP contribution in [0.5, 0.6) is 0 Å². The first-order chi connectivity index (χ1) is 9.60. The van der Waals surface area contributed by atoms with Gasteiger partial charge in [-0.2, -0.15) is 14.0 Å². The summed E-state index contributed by atoms with van der Waals surface area (Å²) in [5.74, 6) is -2.46. The monoisotopic (exact) mass is 290 g/mol. The van der Waals surface area contributed by atoms with Crippen molar-refractivity contribution in [3.63, 3.8) is 0 Å². The van der Waals surface area contributed by atoms with Gasteiger partial charge in [-0.25, -0.2) is 0 Å². The molecule has 0 fully saturated rings. The predicted octanol–water partition coefficient (Wildman–Crippen LogP) is 4.93. The molecule has 0 heterocycles. The molecular weight excluding hydrogens is 278 g/mol. The number of aryl methyl sites for hydroxylation is 1. The number of nitrogens with zero attached hydrogens (tertiary/aromatic N) is 1. The lowest BCUT2D eigenvalue weighted by molar-refractivity contribution is 0.252. The summed E-state index contributed by atoms with van der Waals surface area (Å²) in [6.45, 7) is 1.84. The number of alkyl halides is 2. The van der Waals surface area contributed by atoms with E-state index in [1.807, 2.05) is 13.0 Å². The predicted molar refractivity (Wildman–Crippen MR) is 77.5 cm³/mol. The van der Waals surface area contributed by atoms with E-state index in [-0.39, 0.29) is 0 Å². The van der Waals surface area contributed by atoms with E-state index in [4.69, 9.17) is 5.26 Å². The van der Waals surface area contributed by atoms with Crippen LogP contribution in [0.3, 0.4) is 0 Å². The lowest BCUT2D eigenvalue weighted by Crippen LogP contribution is -1.95. The van der Waals surface area contributed by atoms with Crippen molar-refractivity contribution in [3.05, 3.63) is 53.6 Å². The summed E-state index contributed by atoms with van der Waals surface area (Å²) in [6.07, 6.45) is 0. The van der Waals surface area contributed by atoms with Crippen molar-refractivity contribution >= 4 is 23.1 Å². The van der Waals surface area contributed by atoms with Crippen molar-refractivity contribution < 1.29 is 8.78 Å². The first kappa shape index (κ1) is 14.4. The number of benzene rings is 2. The summed E-state index contributed by atoms with van der Waals surface area (Å²) >= 11 is 0.508. The van der Waals surface area contributed by atoms with Gasteiger partial charge in [-0.3, -0.25) is 0 Å². The highest BCUT2D eigenvalue weighted by atomic mass is 32.2. The van der Waals surface area contributed by atoms with Crippen molar-refractivity contribution in [2.24, 2.45) is 0 Å². The third kappa shape index (κ3) is 3.49. The Morgan fingerprint density at radius 3 is 2.60 bits per heavy atom. The van der Waals surface area contributed by atoms with Crippen LogP contribution in [-0.2, 0) is 0 Å². The number of rotatable bonds is 4. The topological polar surface area (TPSA) is 35.8 Å². The summed E-state index contributed by atoms with van der Waals surface area (Å²) in [4.78, 5) is 0.490. The molecule has 0 radical (unpaired) electrons. The molecule has 0 amide bonds. The van der Waals surface area contributed by atoms with E-state index in [0.29, 0.717) is 27.9 Å². The Morgan fingerprint density at radius 1 is 1.20 bits per heavy atom. The molecule has 0 aliphatic carbocycles. The molecule has 0 saturated heterocycles. The zero-order chi connectivity index (χ0) is 14.5. The van der Waals surface area contributed by atoms with Crippen molar-refractivity contribution in [1.82, 2.24) is 0 Å². The van der Waals surface area contributed by atoms with Gasteiger partial charge in [0.25, 0.3) is 5.76 Å². The highest BCUT2D eigenvalue weighted by Crippen LogP contribution is 2.33. The molecule has 2 aromatic rings. The molecule has 5 heteroatoms. The molecule has 0 bridgehead atoms. The first-order valence-electron chi connectivity index (χ1n) is 5.92. The molecule has 2 nitrogen and oxygen atoms in total. The molecule has 2 rings (SSSR count). The fourth-order valence-corrected chi connectivity index (χ4v) is 2.39. The highest BCUT2D eigenvalue weighted by Gasteiger charge is 2.10. The van der Waals surface area contributed by atoms with Crippen molar-refractivity contribution in [2.75, 3.05) is 5.32 Å². The number of thioether (sulfide) groups is 1. The molecule has 0 saturated carbocycles. The molecular formula is C15H12F2N2S. The Labute approximate surface area is 120 Å². The van der Waals surface area contributed by atoms with Gasteiger partial charge in [0.2, 0.25) is 0 Å². The smallest absolute Gasteiger partial charge is 0.288 e. The van der Waals surface area contributed by atoms with Crippen LogP contribution in [0.2, 0.25) is 0 Å². The lowest BCUT2D eigenvalue weighted by Gasteiger charge is -2.12. The number of halogens is 2. The Bertz CT molecular complexity index is 651. The standard InChI is InChI=1S/C15H12F2N2S/c1-10-8-12(7-6-11(10)9-18)19-13-4-2-3-5-14(13)20-15(16)17/h2-8,15,19H,1H3. The van der Waals surface area contributed by atoms with Gasteiger partial charge in [-0.1, -0.05) is 23.9 Å². The first-order valence-corrected chi connectivity index (χ1v) is 6.79.